The lowest BCUT2D eigenvalue weighted by Gasteiger charge is -2.36. The number of alkyl halides is 3. The molecule has 22 heavy (non-hydrogen) atoms. The van der Waals surface area contributed by atoms with Gasteiger partial charge in [0.05, 0.1) is 17.9 Å². The second-order valence-corrected chi connectivity index (χ2v) is 5.15. The Morgan fingerprint density at radius 1 is 1.45 bits per heavy atom. The molecule has 0 fully saturated rings. The number of carbonyl (C=O) groups is 1. The number of fused-ring (bicyclic) bond motifs is 1. The molecule has 7 heteroatoms. The van der Waals surface area contributed by atoms with Crippen molar-refractivity contribution in [2.75, 3.05) is 18.1 Å². The summed E-state index contributed by atoms with van der Waals surface area (Å²) in [7, 11) is 0. The molecular weight excluding hydrogens is 299 g/mol. The van der Waals surface area contributed by atoms with Crippen LogP contribution in [0.1, 0.15) is 30.9 Å². The van der Waals surface area contributed by atoms with E-state index in [4.69, 9.17) is 9.84 Å². The first-order valence-corrected chi connectivity index (χ1v) is 7.15. The Balaban J connectivity index is 2.35. The lowest BCUT2D eigenvalue weighted by Crippen LogP contribution is -2.44. The summed E-state index contributed by atoms with van der Waals surface area (Å²) >= 11 is 0. The van der Waals surface area contributed by atoms with Gasteiger partial charge in [-0.25, -0.2) is 4.79 Å². The summed E-state index contributed by atoms with van der Waals surface area (Å²) < 4.78 is 43.3. The standard InChI is InChI=1S/C15H18F3NO3/c1-2-12-5-3-10-9-11(15(16,17)18)4-6-13(10)19(12)14(21)22-8-7-20/h4,6,9,12,20H,2-3,5,7-8H2,1H3/t12-/m1/s1. The normalized spacial score (nSPS) is 18.0. The molecule has 1 heterocycles. The number of hydrogen-bond donors (Lipinski definition) is 1. The minimum absolute atomic E-state index is 0.115. The number of nitrogens with zero attached hydrogens (tertiary/aromatic N) is 1. The molecule has 0 aliphatic carbocycles. The second-order valence-electron chi connectivity index (χ2n) is 5.15. The van der Waals surface area contributed by atoms with Crippen molar-refractivity contribution in [3.8, 4) is 0 Å². The van der Waals surface area contributed by atoms with Gasteiger partial charge in [0.2, 0.25) is 0 Å². The molecule has 1 aromatic rings. The third-order valence-corrected chi connectivity index (χ3v) is 3.76. The summed E-state index contributed by atoms with van der Waals surface area (Å²) in [6.45, 7) is 1.48. The predicted molar refractivity (Wildman–Crippen MR) is 74.8 cm³/mol. The first-order chi connectivity index (χ1) is 10.4. The van der Waals surface area contributed by atoms with Crippen molar-refractivity contribution in [2.45, 2.75) is 38.4 Å². The topological polar surface area (TPSA) is 49.8 Å². The third kappa shape index (κ3) is 3.35. The minimum atomic E-state index is -4.40. The fraction of sp³-hybridized carbons (Fsp3) is 0.533. The summed E-state index contributed by atoms with van der Waals surface area (Å²) in [5.41, 5.74) is 0.222. The highest BCUT2D eigenvalue weighted by Gasteiger charge is 2.35. The van der Waals surface area contributed by atoms with Crippen LogP contribution >= 0.6 is 0 Å². The summed E-state index contributed by atoms with van der Waals surface area (Å²) in [4.78, 5) is 13.5. The maximum atomic E-state index is 12.8. The highest BCUT2D eigenvalue weighted by molar-refractivity contribution is 5.90. The van der Waals surface area contributed by atoms with Gasteiger partial charge in [0.25, 0.3) is 0 Å². The van der Waals surface area contributed by atoms with Crippen molar-refractivity contribution in [1.29, 1.82) is 0 Å². The number of benzene rings is 1. The van der Waals surface area contributed by atoms with Gasteiger partial charge in [-0.3, -0.25) is 4.90 Å². The Hall–Kier alpha value is -1.76. The number of carbonyl (C=O) groups excluding carboxylic acids is 1. The molecular formula is C15H18F3NO3. The first-order valence-electron chi connectivity index (χ1n) is 7.15. The van der Waals surface area contributed by atoms with Crippen LogP contribution in [0, 0.1) is 0 Å². The fourth-order valence-corrected chi connectivity index (χ4v) is 2.68. The van der Waals surface area contributed by atoms with E-state index < -0.39 is 17.8 Å². The molecule has 1 aliphatic heterocycles. The van der Waals surface area contributed by atoms with Gasteiger partial charge < -0.3 is 9.84 Å². The Labute approximate surface area is 126 Å². The van der Waals surface area contributed by atoms with E-state index in [1.165, 1.54) is 11.0 Å². The van der Waals surface area contributed by atoms with E-state index >= 15 is 0 Å². The molecule has 0 aromatic heterocycles. The maximum absolute atomic E-state index is 12.8. The Morgan fingerprint density at radius 3 is 2.77 bits per heavy atom. The monoisotopic (exact) mass is 317 g/mol. The summed E-state index contributed by atoms with van der Waals surface area (Å²) in [6, 6.07) is 3.27. The van der Waals surface area contributed by atoms with Gasteiger partial charge in [0, 0.05) is 6.04 Å². The van der Waals surface area contributed by atoms with Crippen molar-refractivity contribution in [3.63, 3.8) is 0 Å². The Bertz CT molecular complexity index is 545. The zero-order valence-corrected chi connectivity index (χ0v) is 12.2. The quantitative estimate of drug-likeness (QED) is 0.930. The zero-order chi connectivity index (χ0) is 16.3. The number of rotatable bonds is 3. The highest BCUT2D eigenvalue weighted by Crippen LogP contribution is 2.37. The van der Waals surface area contributed by atoms with Crippen LogP contribution in [0.4, 0.5) is 23.7 Å². The smallest absolute Gasteiger partial charge is 0.416 e. The number of anilines is 1. The zero-order valence-electron chi connectivity index (χ0n) is 12.2. The lowest BCUT2D eigenvalue weighted by molar-refractivity contribution is -0.137. The van der Waals surface area contributed by atoms with Crippen LogP contribution in [-0.4, -0.2) is 30.5 Å². The predicted octanol–water partition coefficient (Wildman–Crippen LogP) is 3.37. The molecule has 0 unspecified atom stereocenters. The van der Waals surface area contributed by atoms with E-state index in [2.05, 4.69) is 0 Å². The van der Waals surface area contributed by atoms with Crippen LogP contribution in [-0.2, 0) is 17.3 Å². The van der Waals surface area contributed by atoms with Gasteiger partial charge in [-0.05, 0) is 43.0 Å². The third-order valence-electron chi connectivity index (χ3n) is 3.76. The molecule has 0 saturated carbocycles. The molecule has 2 rings (SSSR count). The van der Waals surface area contributed by atoms with Crippen LogP contribution < -0.4 is 4.90 Å². The maximum Gasteiger partial charge on any atom is 0.416 e. The van der Waals surface area contributed by atoms with E-state index in [9.17, 15) is 18.0 Å². The Kier molecular flexibility index (Phi) is 4.95. The van der Waals surface area contributed by atoms with Crippen molar-refractivity contribution >= 4 is 11.8 Å². The highest BCUT2D eigenvalue weighted by atomic mass is 19.4. The van der Waals surface area contributed by atoms with Crippen LogP contribution in [0.5, 0.6) is 0 Å². The summed E-state index contributed by atoms with van der Waals surface area (Å²) in [6.07, 6.45) is -3.30. The van der Waals surface area contributed by atoms with Gasteiger partial charge in [-0.15, -0.1) is 0 Å². The molecule has 0 radical (unpaired) electrons. The van der Waals surface area contributed by atoms with Crippen LogP contribution in [0.2, 0.25) is 0 Å². The fourth-order valence-electron chi connectivity index (χ4n) is 2.68. The number of halogens is 3. The molecule has 0 saturated heterocycles. The number of amides is 1. The second kappa shape index (κ2) is 6.56. The van der Waals surface area contributed by atoms with E-state index in [1.54, 1.807) is 0 Å². The van der Waals surface area contributed by atoms with Crippen LogP contribution in [0.25, 0.3) is 0 Å². The largest absolute Gasteiger partial charge is 0.447 e. The molecule has 0 bridgehead atoms. The van der Waals surface area contributed by atoms with Crippen molar-refractivity contribution < 1.29 is 27.8 Å². The molecule has 1 amide bonds. The first kappa shape index (κ1) is 16.6. The molecule has 122 valence electrons. The molecule has 1 N–H and O–H groups in total. The van der Waals surface area contributed by atoms with E-state index in [0.717, 1.165) is 12.1 Å². The average molecular weight is 317 g/mol. The molecule has 1 atom stereocenters. The van der Waals surface area contributed by atoms with Gasteiger partial charge in [-0.1, -0.05) is 6.92 Å². The van der Waals surface area contributed by atoms with Crippen molar-refractivity contribution in [1.82, 2.24) is 0 Å². The number of aryl methyl sites for hydroxylation is 1. The average Bonchev–Trinajstić information content (AvgIpc) is 2.49. The van der Waals surface area contributed by atoms with Crippen LogP contribution in [0.3, 0.4) is 0 Å². The number of aliphatic hydroxyl groups is 1. The van der Waals surface area contributed by atoms with Crippen molar-refractivity contribution in [2.24, 2.45) is 0 Å². The van der Waals surface area contributed by atoms with E-state index in [0.29, 0.717) is 30.5 Å². The van der Waals surface area contributed by atoms with Gasteiger partial charge in [-0.2, -0.15) is 13.2 Å². The number of ether oxygens (including phenoxy) is 1. The van der Waals surface area contributed by atoms with E-state index in [1.807, 2.05) is 6.92 Å². The van der Waals surface area contributed by atoms with E-state index in [-0.39, 0.29) is 19.3 Å². The molecule has 1 aromatic carbocycles. The molecule has 0 spiro atoms. The van der Waals surface area contributed by atoms with Crippen molar-refractivity contribution in [3.05, 3.63) is 29.3 Å². The number of hydrogen-bond acceptors (Lipinski definition) is 3. The van der Waals surface area contributed by atoms with Gasteiger partial charge in [0.15, 0.2) is 0 Å². The summed E-state index contributed by atoms with van der Waals surface area (Å²) in [5.74, 6) is 0. The van der Waals surface area contributed by atoms with Gasteiger partial charge in [0.1, 0.15) is 6.61 Å². The van der Waals surface area contributed by atoms with Gasteiger partial charge >= 0.3 is 12.3 Å². The molecule has 1 aliphatic rings. The lowest BCUT2D eigenvalue weighted by atomic mass is 9.93. The van der Waals surface area contributed by atoms with Crippen LogP contribution in [0.15, 0.2) is 18.2 Å². The minimum Gasteiger partial charge on any atom is -0.447 e. The Morgan fingerprint density at radius 2 is 2.18 bits per heavy atom. The molecule has 4 nitrogen and oxygen atoms in total. The number of aliphatic hydroxyl groups excluding tert-OH is 1. The SMILES string of the molecule is CC[C@@H]1CCc2cc(C(F)(F)F)ccc2N1C(=O)OCCO. The summed E-state index contributed by atoms with van der Waals surface area (Å²) in [5, 5.41) is 8.74.